The summed E-state index contributed by atoms with van der Waals surface area (Å²) in [6.45, 7) is 7.64. The van der Waals surface area contributed by atoms with Gasteiger partial charge in [0.05, 0.1) is 0 Å². The standard InChI is InChI=1S/C16H25BN2O4/c1-16(2,3)23-15(20)19(14-8-9-18-10-14)11-12-4-6-13(7-5-12)17(21)22/h4-7,14,18,21-22H,8-11H2,1-3H3. The van der Waals surface area contributed by atoms with Crippen molar-refractivity contribution in [2.75, 3.05) is 13.1 Å². The number of hydrogen-bond donors (Lipinski definition) is 3. The Bertz CT molecular complexity index is 522. The molecule has 1 unspecified atom stereocenters. The molecule has 0 spiro atoms. The molecule has 0 radical (unpaired) electrons. The van der Waals surface area contributed by atoms with Gasteiger partial charge in [0.25, 0.3) is 0 Å². The fourth-order valence-corrected chi connectivity index (χ4v) is 2.56. The molecule has 0 bridgehead atoms. The number of hydrogen-bond acceptors (Lipinski definition) is 5. The first kappa shape index (κ1) is 17.8. The van der Waals surface area contributed by atoms with Gasteiger partial charge in [0.1, 0.15) is 5.60 Å². The predicted octanol–water partition coefficient (Wildman–Crippen LogP) is 0.465. The minimum absolute atomic E-state index is 0.105. The SMILES string of the molecule is CC(C)(C)OC(=O)N(Cc1ccc(B(O)O)cc1)C1CCNC1. The first-order chi connectivity index (χ1) is 10.8. The average Bonchev–Trinajstić information content (AvgIpc) is 2.97. The van der Waals surface area contributed by atoms with Crippen LogP contribution in [0.5, 0.6) is 0 Å². The molecule has 1 amide bonds. The zero-order valence-corrected chi connectivity index (χ0v) is 14.0. The molecule has 6 nitrogen and oxygen atoms in total. The number of nitrogens with zero attached hydrogens (tertiary/aromatic N) is 1. The van der Waals surface area contributed by atoms with Crippen LogP contribution in [0.3, 0.4) is 0 Å². The number of nitrogens with one attached hydrogen (secondary N) is 1. The van der Waals surface area contributed by atoms with E-state index in [9.17, 15) is 4.79 Å². The van der Waals surface area contributed by atoms with E-state index in [0.29, 0.717) is 12.0 Å². The Labute approximate surface area is 137 Å². The van der Waals surface area contributed by atoms with E-state index in [1.807, 2.05) is 20.8 Å². The Morgan fingerprint density at radius 3 is 2.48 bits per heavy atom. The highest BCUT2D eigenvalue weighted by molar-refractivity contribution is 6.58. The Hall–Kier alpha value is -1.57. The van der Waals surface area contributed by atoms with Crippen LogP contribution in [-0.2, 0) is 11.3 Å². The normalized spacial score (nSPS) is 17.9. The molecule has 1 aliphatic heterocycles. The van der Waals surface area contributed by atoms with Crippen molar-refractivity contribution >= 4 is 18.7 Å². The molecule has 1 heterocycles. The first-order valence-electron chi connectivity index (χ1n) is 7.91. The Morgan fingerprint density at radius 2 is 2.00 bits per heavy atom. The van der Waals surface area contributed by atoms with Gasteiger partial charge in [-0.3, -0.25) is 4.90 Å². The van der Waals surface area contributed by atoms with Gasteiger partial charge in [-0.1, -0.05) is 24.3 Å². The zero-order valence-electron chi connectivity index (χ0n) is 14.0. The van der Waals surface area contributed by atoms with Crippen molar-refractivity contribution in [3.63, 3.8) is 0 Å². The Balaban J connectivity index is 2.12. The van der Waals surface area contributed by atoms with Crippen LogP contribution in [0.2, 0.25) is 0 Å². The third kappa shape index (κ3) is 5.23. The second-order valence-corrected chi connectivity index (χ2v) is 6.87. The summed E-state index contributed by atoms with van der Waals surface area (Å²) in [5.41, 5.74) is 0.818. The topological polar surface area (TPSA) is 82.0 Å². The molecule has 0 aliphatic carbocycles. The molecule has 0 saturated carbocycles. The molecule has 126 valence electrons. The number of ether oxygens (including phenoxy) is 1. The van der Waals surface area contributed by atoms with Gasteiger partial charge in [-0.25, -0.2) is 4.79 Å². The van der Waals surface area contributed by atoms with E-state index in [1.165, 1.54) is 0 Å². The Kier molecular flexibility index (Phi) is 5.67. The van der Waals surface area contributed by atoms with Crippen molar-refractivity contribution in [3.05, 3.63) is 29.8 Å². The van der Waals surface area contributed by atoms with E-state index in [2.05, 4.69) is 5.32 Å². The van der Waals surface area contributed by atoms with Crippen molar-refractivity contribution in [3.8, 4) is 0 Å². The van der Waals surface area contributed by atoms with Crippen molar-refractivity contribution in [2.24, 2.45) is 0 Å². The molecule has 23 heavy (non-hydrogen) atoms. The maximum atomic E-state index is 12.5. The van der Waals surface area contributed by atoms with Crippen LogP contribution >= 0.6 is 0 Å². The maximum Gasteiger partial charge on any atom is 0.488 e. The van der Waals surface area contributed by atoms with Crippen LogP contribution in [0.4, 0.5) is 4.79 Å². The summed E-state index contributed by atoms with van der Waals surface area (Å²) >= 11 is 0. The van der Waals surface area contributed by atoms with Crippen LogP contribution in [0.1, 0.15) is 32.8 Å². The van der Waals surface area contributed by atoms with Crippen LogP contribution in [0.15, 0.2) is 24.3 Å². The largest absolute Gasteiger partial charge is 0.488 e. The van der Waals surface area contributed by atoms with Crippen LogP contribution in [-0.4, -0.2) is 52.9 Å². The summed E-state index contributed by atoms with van der Waals surface area (Å²) in [6.07, 6.45) is 0.574. The number of carbonyl (C=O) groups is 1. The van der Waals surface area contributed by atoms with Gasteiger partial charge in [-0.15, -0.1) is 0 Å². The second-order valence-electron chi connectivity index (χ2n) is 6.87. The van der Waals surface area contributed by atoms with Gasteiger partial charge >= 0.3 is 13.2 Å². The van der Waals surface area contributed by atoms with Gasteiger partial charge in [-0.2, -0.15) is 0 Å². The smallest absolute Gasteiger partial charge is 0.444 e. The molecular weight excluding hydrogens is 295 g/mol. The molecule has 0 aromatic heterocycles. The van der Waals surface area contributed by atoms with E-state index in [-0.39, 0.29) is 12.1 Å². The summed E-state index contributed by atoms with van der Waals surface area (Å²) in [6, 6.07) is 7.01. The highest BCUT2D eigenvalue weighted by Gasteiger charge is 2.30. The number of benzene rings is 1. The molecule has 1 aromatic rings. The van der Waals surface area contributed by atoms with Crippen molar-refractivity contribution < 1.29 is 19.6 Å². The number of carbonyl (C=O) groups excluding carboxylic acids is 1. The minimum atomic E-state index is -1.48. The molecule has 7 heteroatoms. The fourth-order valence-electron chi connectivity index (χ4n) is 2.56. The quantitative estimate of drug-likeness (QED) is 0.703. The third-order valence-corrected chi connectivity index (χ3v) is 3.73. The van der Waals surface area contributed by atoms with Gasteiger partial charge < -0.3 is 20.1 Å². The third-order valence-electron chi connectivity index (χ3n) is 3.73. The highest BCUT2D eigenvalue weighted by atomic mass is 16.6. The van der Waals surface area contributed by atoms with Crippen LogP contribution in [0, 0.1) is 0 Å². The van der Waals surface area contributed by atoms with E-state index >= 15 is 0 Å². The van der Waals surface area contributed by atoms with Gasteiger partial charge in [0.2, 0.25) is 0 Å². The van der Waals surface area contributed by atoms with Gasteiger partial charge in [0.15, 0.2) is 0 Å². The van der Waals surface area contributed by atoms with Gasteiger partial charge in [-0.05, 0) is 44.8 Å². The summed E-state index contributed by atoms with van der Waals surface area (Å²) < 4.78 is 5.53. The lowest BCUT2D eigenvalue weighted by molar-refractivity contribution is 0.0156. The highest BCUT2D eigenvalue weighted by Crippen LogP contribution is 2.18. The van der Waals surface area contributed by atoms with Crippen molar-refractivity contribution in [2.45, 2.75) is 45.4 Å². The molecule has 1 fully saturated rings. The maximum absolute atomic E-state index is 12.5. The lowest BCUT2D eigenvalue weighted by Gasteiger charge is -2.31. The lowest BCUT2D eigenvalue weighted by atomic mass is 9.80. The van der Waals surface area contributed by atoms with Crippen LogP contribution in [0.25, 0.3) is 0 Å². The predicted molar refractivity (Wildman–Crippen MR) is 89.3 cm³/mol. The molecule has 1 atom stereocenters. The fraction of sp³-hybridized carbons (Fsp3) is 0.562. The monoisotopic (exact) mass is 320 g/mol. The van der Waals surface area contributed by atoms with E-state index < -0.39 is 12.7 Å². The second kappa shape index (κ2) is 7.34. The lowest BCUT2D eigenvalue weighted by Crippen LogP contribution is -2.44. The molecule has 1 aromatic carbocycles. The summed E-state index contributed by atoms with van der Waals surface area (Å²) in [7, 11) is -1.48. The molecule has 3 N–H and O–H groups in total. The minimum Gasteiger partial charge on any atom is -0.444 e. The van der Waals surface area contributed by atoms with E-state index in [4.69, 9.17) is 14.8 Å². The van der Waals surface area contributed by atoms with Gasteiger partial charge in [0, 0.05) is 19.1 Å². The summed E-state index contributed by atoms with van der Waals surface area (Å²) in [4.78, 5) is 14.3. The van der Waals surface area contributed by atoms with E-state index in [1.54, 1.807) is 29.2 Å². The zero-order chi connectivity index (χ0) is 17.0. The van der Waals surface area contributed by atoms with Crippen LogP contribution < -0.4 is 10.8 Å². The summed E-state index contributed by atoms with van der Waals surface area (Å²) in [5, 5.41) is 21.6. The first-order valence-corrected chi connectivity index (χ1v) is 7.91. The molecule has 2 rings (SSSR count). The average molecular weight is 320 g/mol. The molecule has 1 saturated heterocycles. The van der Waals surface area contributed by atoms with E-state index in [0.717, 1.165) is 25.1 Å². The molecule has 1 aliphatic rings. The summed E-state index contributed by atoms with van der Waals surface area (Å²) in [5.74, 6) is 0. The molecular formula is C16H25BN2O4. The number of amides is 1. The Morgan fingerprint density at radius 1 is 1.35 bits per heavy atom. The number of rotatable bonds is 4. The van der Waals surface area contributed by atoms with Crippen molar-refractivity contribution in [1.29, 1.82) is 0 Å². The van der Waals surface area contributed by atoms with Crippen molar-refractivity contribution in [1.82, 2.24) is 10.2 Å².